The fourth-order valence-electron chi connectivity index (χ4n) is 1.02. The molecule has 0 atom stereocenters. The molecule has 0 aliphatic rings. The van der Waals surface area contributed by atoms with E-state index in [1.807, 2.05) is 24.3 Å². The van der Waals surface area contributed by atoms with Crippen molar-refractivity contribution >= 4 is 17.9 Å². The molecule has 0 aromatic heterocycles. The minimum atomic E-state index is -0.0407. The van der Waals surface area contributed by atoms with Gasteiger partial charge < -0.3 is 5.73 Å². The molecule has 0 heterocycles. The van der Waals surface area contributed by atoms with Gasteiger partial charge >= 0.3 is 0 Å². The van der Waals surface area contributed by atoms with Crippen LogP contribution in [-0.2, 0) is 11.2 Å². The molecule has 0 spiro atoms. The molecule has 3 N–H and O–H groups in total. The van der Waals surface area contributed by atoms with E-state index < -0.39 is 0 Å². The topological polar surface area (TPSA) is 55.1 Å². The van der Waals surface area contributed by atoms with Crippen molar-refractivity contribution in [1.82, 2.24) is 4.72 Å². The predicted molar refractivity (Wildman–Crippen MR) is 74.8 cm³/mol. The lowest BCUT2D eigenvalue weighted by molar-refractivity contribution is -0.117. The molecule has 1 rings (SSSR count). The van der Waals surface area contributed by atoms with Crippen LogP contribution in [0.2, 0.25) is 0 Å². The van der Waals surface area contributed by atoms with Gasteiger partial charge in [0.25, 0.3) is 0 Å². The van der Waals surface area contributed by atoms with Crippen LogP contribution in [0, 0.1) is 0 Å². The van der Waals surface area contributed by atoms with Crippen LogP contribution in [0.3, 0.4) is 0 Å². The van der Waals surface area contributed by atoms with Crippen LogP contribution in [0.15, 0.2) is 29.2 Å². The number of hydrogen-bond donors (Lipinski definition) is 2. The van der Waals surface area contributed by atoms with Crippen molar-refractivity contribution in [2.75, 3.05) is 6.54 Å². The molecule has 0 unspecified atom stereocenters. The molecule has 0 radical (unpaired) electrons. The summed E-state index contributed by atoms with van der Waals surface area (Å²) in [7, 11) is 0. The maximum absolute atomic E-state index is 10.6. The second-order valence-corrected chi connectivity index (χ2v) is 4.53. The van der Waals surface area contributed by atoms with Gasteiger partial charge in [-0.25, -0.2) is 0 Å². The van der Waals surface area contributed by atoms with Crippen molar-refractivity contribution < 1.29 is 4.79 Å². The van der Waals surface area contributed by atoms with Gasteiger partial charge in [0.05, 0.1) is 0 Å². The number of benzene rings is 1. The third-order valence-electron chi connectivity index (χ3n) is 1.67. The van der Waals surface area contributed by atoms with Crippen LogP contribution in [-0.4, -0.2) is 12.5 Å². The van der Waals surface area contributed by atoms with Crippen molar-refractivity contribution in [2.45, 2.75) is 38.5 Å². The Morgan fingerprint density at radius 3 is 2.24 bits per heavy atom. The summed E-state index contributed by atoms with van der Waals surface area (Å²) in [5.41, 5.74) is 6.66. The Hall–Kier alpha value is -1.00. The van der Waals surface area contributed by atoms with E-state index in [-0.39, 0.29) is 5.91 Å². The summed E-state index contributed by atoms with van der Waals surface area (Å²) in [6.07, 6.45) is 2.14. The van der Waals surface area contributed by atoms with E-state index in [1.54, 1.807) is 0 Å². The van der Waals surface area contributed by atoms with E-state index in [0.717, 1.165) is 11.3 Å². The van der Waals surface area contributed by atoms with Crippen LogP contribution >= 0.6 is 11.9 Å². The smallest absolute Gasteiger partial charge is 0.226 e. The highest BCUT2D eigenvalue weighted by atomic mass is 32.2. The maximum atomic E-state index is 10.6. The van der Waals surface area contributed by atoms with Gasteiger partial charge in [0.1, 0.15) is 0 Å². The van der Waals surface area contributed by atoms with Crippen LogP contribution < -0.4 is 10.5 Å². The first-order valence-electron chi connectivity index (χ1n) is 5.86. The first-order chi connectivity index (χ1) is 8.13. The Morgan fingerprint density at radius 2 is 1.82 bits per heavy atom. The first kappa shape index (κ1) is 16.0. The first-order valence-corrected chi connectivity index (χ1v) is 6.68. The number of carbonyl (C=O) groups is 1. The summed E-state index contributed by atoms with van der Waals surface area (Å²) in [5.74, 6) is -0.0407. The summed E-state index contributed by atoms with van der Waals surface area (Å²) in [4.78, 5) is 11.7. The zero-order chi connectivity index (χ0) is 13.1. The van der Waals surface area contributed by atoms with E-state index in [9.17, 15) is 4.79 Å². The molecule has 96 valence electrons. The zero-order valence-electron chi connectivity index (χ0n) is 10.8. The van der Waals surface area contributed by atoms with Crippen molar-refractivity contribution in [1.29, 1.82) is 0 Å². The molecule has 0 aliphatic heterocycles. The summed E-state index contributed by atoms with van der Waals surface area (Å²) < 4.78 is 2.67. The monoisotopic (exact) mass is 254 g/mol. The largest absolute Gasteiger partial charge is 0.330 e. The van der Waals surface area contributed by atoms with Gasteiger partial charge in [0.15, 0.2) is 0 Å². The number of nitrogens with two attached hydrogens (primary N) is 1. The molecule has 3 nitrogen and oxygen atoms in total. The number of rotatable bonds is 4. The second-order valence-electron chi connectivity index (χ2n) is 3.65. The Morgan fingerprint density at radius 1 is 1.29 bits per heavy atom. The van der Waals surface area contributed by atoms with Crippen LogP contribution in [0.4, 0.5) is 0 Å². The Balaban J connectivity index is 0.000000770. The summed E-state index contributed by atoms with van der Waals surface area (Å²) in [6, 6.07) is 8.01. The molecule has 0 aliphatic carbocycles. The second kappa shape index (κ2) is 10.2. The fourth-order valence-corrected chi connectivity index (χ4v) is 1.56. The van der Waals surface area contributed by atoms with E-state index in [0.29, 0.717) is 6.54 Å². The predicted octanol–water partition coefficient (Wildman–Crippen LogP) is 2.75. The summed E-state index contributed by atoms with van der Waals surface area (Å²) >= 11 is 1.32. The van der Waals surface area contributed by atoms with E-state index in [2.05, 4.69) is 18.6 Å². The summed E-state index contributed by atoms with van der Waals surface area (Å²) in [6.45, 7) is 6.41. The zero-order valence-corrected chi connectivity index (χ0v) is 11.6. The van der Waals surface area contributed by atoms with Crippen molar-refractivity contribution in [2.24, 2.45) is 5.73 Å². The fraction of sp³-hybridized carbons (Fsp3) is 0.462. The molecule has 1 aromatic rings. The van der Waals surface area contributed by atoms with Gasteiger partial charge in [-0.1, -0.05) is 32.4 Å². The average Bonchev–Trinajstić information content (AvgIpc) is 2.29. The van der Waals surface area contributed by atoms with Crippen molar-refractivity contribution in [3.63, 3.8) is 0 Å². The van der Waals surface area contributed by atoms with Gasteiger partial charge in [-0.2, -0.15) is 0 Å². The van der Waals surface area contributed by atoms with Crippen LogP contribution in [0.25, 0.3) is 0 Å². The molecule has 4 heteroatoms. The quantitative estimate of drug-likeness (QED) is 0.812. The third-order valence-corrected chi connectivity index (χ3v) is 2.57. The average molecular weight is 254 g/mol. The molecule has 0 saturated heterocycles. The van der Waals surface area contributed by atoms with Gasteiger partial charge in [-0.15, -0.1) is 0 Å². The highest BCUT2D eigenvalue weighted by Crippen LogP contribution is 2.15. The molecule has 17 heavy (non-hydrogen) atoms. The molecule has 0 bridgehead atoms. The van der Waals surface area contributed by atoms with Gasteiger partial charge in [-0.05, 0) is 42.6 Å². The number of nitrogens with one attached hydrogen (secondary N) is 1. The standard InChI is InChI=1S/C10H14N2OS.C3H8/c1-8(13)12-14-10-4-2-9(3-5-10)6-7-11;1-3-2/h2-5H,6-7,11H2,1H3,(H,12,13);3H2,1-2H3. The highest BCUT2D eigenvalue weighted by molar-refractivity contribution is 7.98. The number of carbonyl (C=O) groups excluding carboxylic acids is 1. The van der Waals surface area contributed by atoms with Gasteiger partial charge in [0.2, 0.25) is 5.91 Å². The summed E-state index contributed by atoms with van der Waals surface area (Å²) in [5, 5.41) is 0. The Kier molecular flexibility index (Phi) is 9.57. The van der Waals surface area contributed by atoms with Gasteiger partial charge in [0, 0.05) is 11.8 Å². The molecular formula is C13H22N2OS. The number of hydrogen-bond acceptors (Lipinski definition) is 3. The van der Waals surface area contributed by atoms with Gasteiger partial charge in [-0.3, -0.25) is 9.52 Å². The van der Waals surface area contributed by atoms with E-state index in [1.165, 1.54) is 30.9 Å². The Labute approximate surface area is 108 Å². The normalized spacial score (nSPS) is 9.18. The molecule has 0 fully saturated rings. The SMILES string of the molecule is CC(=O)NSc1ccc(CCN)cc1.CCC. The van der Waals surface area contributed by atoms with Crippen molar-refractivity contribution in [3.8, 4) is 0 Å². The Bertz CT molecular complexity index is 312. The molecule has 0 saturated carbocycles. The molecule has 1 amide bonds. The minimum Gasteiger partial charge on any atom is -0.330 e. The van der Waals surface area contributed by atoms with Crippen LogP contribution in [0.1, 0.15) is 32.8 Å². The number of amides is 1. The lowest BCUT2D eigenvalue weighted by Crippen LogP contribution is -2.09. The minimum absolute atomic E-state index is 0.0407. The van der Waals surface area contributed by atoms with E-state index in [4.69, 9.17) is 5.73 Å². The van der Waals surface area contributed by atoms with Crippen molar-refractivity contribution in [3.05, 3.63) is 29.8 Å². The van der Waals surface area contributed by atoms with E-state index >= 15 is 0 Å². The lowest BCUT2D eigenvalue weighted by atomic mass is 10.2. The van der Waals surface area contributed by atoms with Crippen LogP contribution in [0.5, 0.6) is 0 Å². The lowest BCUT2D eigenvalue weighted by Gasteiger charge is -2.02. The molecule has 1 aromatic carbocycles. The molecular weight excluding hydrogens is 232 g/mol. The maximum Gasteiger partial charge on any atom is 0.226 e. The third kappa shape index (κ3) is 8.77. The highest BCUT2D eigenvalue weighted by Gasteiger charge is 1.96.